The summed E-state index contributed by atoms with van der Waals surface area (Å²) in [4.78, 5) is 12.2. The summed E-state index contributed by atoms with van der Waals surface area (Å²) < 4.78 is 11.9. The number of fused-ring (bicyclic) bond motifs is 1. The van der Waals surface area contributed by atoms with Crippen LogP contribution in [-0.2, 0) is 0 Å². The van der Waals surface area contributed by atoms with E-state index in [-0.39, 0.29) is 5.63 Å². The molecule has 3 nitrogen and oxygen atoms in total. The lowest BCUT2D eigenvalue weighted by Crippen LogP contribution is -2.03. The number of halogens is 1. The summed E-state index contributed by atoms with van der Waals surface area (Å²) in [6, 6.07) is 15.0. The molecule has 0 N–H and O–H groups in total. The lowest BCUT2D eigenvalue weighted by atomic mass is 10.1. The topological polar surface area (TPSA) is 39.4 Å². The van der Waals surface area contributed by atoms with Crippen LogP contribution in [0.15, 0.2) is 62.2 Å². The van der Waals surface area contributed by atoms with Crippen LogP contribution in [0.1, 0.15) is 6.92 Å². The first-order valence-corrected chi connectivity index (χ1v) is 7.44. The molecule has 21 heavy (non-hydrogen) atoms. The van der Waals surface area contributed by atoms with Crippen molar-refractivity contribution in [2.75, 3.05) is 6.61 Å². The molecule has 0 bridgehead atoms. The van der Waals surface area contributed by atoms with Crippen LogP contribution in [-0.4, -0.2) is 6.61 Å². The van der Waals surface area contributed by atoms with E-state index in [0.717, 1.165) is 15.4 Å². The van der Waals surface area contributed by atoms with Crippen molar-refractivity contribution in [1.82, 2.24) is 0 Å². The summed E-state index contributed by atoms with van der Waals surface area (Å²) in [7, 11) is 0. The molecule has 0 saturated carbocycles. The minimum absolute atomic E-state index is 0.364. The van der Waals surface area contributed by atoms with Crippen molar-refractivity contribution >= 4 is 26.9 Å². The van der Waals surface area contributed by atoms with Crippen LogP contribution in [0.25, 0.3) is 22.1 Å². The van der Waals surface area contributed by atoms with Crippen LogP contribution in [0.2, 0.25) is 0 Å². The summed E-state index contributed by atoms with van der Waals surface area (Å²) in [6.45, 7) is 2.42. The van der Waals surface area contributed by atoms with Gasteiger partial charge in [0.1, 0.15) is 0 Å². The zero-order valence-electron chi connectivity index (χ0n) is 11.4. The quantitative estimate of drug-likeness (QED) is 0.650. The minimum Gasteiger partial charge on any atom is -0.490 e. The molecule has 0 aliphatic rings. The van der Waals surface area contributed by atoms with E-state index in [1.807, 2.05) is 49.4 Å². The van der Waals surface area contributed by atoms with Gasteiger partial charge in [0.15, 0.2) is 11.3 Å². The number of para-hydroxylation sites is 1. The van der Waals surface area contributed by atoms with Gasteiger partial charge in [-0.25, -0.2) is 4.79 Å². The second kappa shape index (κ2) is 5.74. The monoisotopic (exact) mass is 344 g/mol. The maximum Gasteiger partial charge on any atom is 0.344 e. The normalized spacial score (nSPS) is 10.8. The number of benzene rings is 2. The molecule has 1 heterocycles. The van der Waals surface area contributed by atoms with E-state index in [1.54, 1.807) is 6.07 Å². The minimum atomic E-state index is -0.364. The molecule has 0 aliphatic heterocycles. The van der Waals surface area contributed by atoms with E-state index in [2.05, 4.69) is 15.9 Å². The Kier molecular flexibility index (Phi) is 3.80. The Morgan fingerprint density at radius 2 is 1.90 bits per heavy atom. The summed E-state index contributed by atoms with van der Waals surface area (Å²) in [5.74, 6) is 0.592. The fraction of sp³-hybridized carbons (Fsp3) is 0.118. The van der Waals surface area contributed by atoms with Crippen molar-refractivity contribution < 1.29 is 9.15 Å². The van der Waals surface area contributed by atoms with Gasteiger partial charge in [-0.1, -0.05) is 40.2 Å². The van der Waals surface area contributed by atoms with Crippen molar-refractivity contribution in [1.29, 1.82) is 0 Å². The van der Waals surface area contributed by atoms with E-state index in [4.69, 9.17) is 9.15 Å². The Bertz CT molecular complexity index is 835. The van der Waals surface area contributed by atoms with Gasteiger partial charge in [-0.05, 0) is 36.8 Å². The van der Waals surface area contributed by atoms with E-state index in [0.29, 0.717) is 23.5 Å². The first-order valence-electron chi connectivity index (χ1n) is 6.64. The van der Waals surface area contributed by atoms with Crippen molar-refractivity contribution in [2.45, 2.75) is 6.92 Å². The van der Waals surface area contributed by atoms with Crippen LogP contribution in [0.5, 0.6) is 5.75 Å². The lowest BCUT2D eigenvalue weighted by molar-refractivity contribution is 0.337. The molecule has 0 atom stereocenters. The largest absolute Gasteiger partial charge is 0.490 e. The maximum atomic E-state index is 12.2. The van der Waals surface area contributed by atoms with Crippen LogP contribution >= 0.6 is 15.9 Å². The summed E-state index contributed by atoms with van der Waals surface area (Å²) >= 11 is 3.38. The number of rotatable bonds is 3. The van der Waals surface area contributed by atoms with E-state index < -0.39 is 0 Å². The summed E-state index contributed by atoms with van der Waals surface area (Å²) in [6.07, 6.45) is 0. The van der Waals surface area contributed by atoms with Gasteiger partial charge in [-0.2, -0.15) is 0 Å². The Morgan fingerprint density at radius 1 is 1.14 bits per heavy atom. The average Bonchev–Trinajstić information content (AvgIpc) is 2.49. The summed E-state index contributed by atoms with van der Waals surface area (Å²) in [5.41, 5.74) is 1.50. The third-order valence-corrected chi connectivity index (χ3v) is 3.71. The van der Waals surface area contributed by atoms with Gasteiger partial charge in [0, 0.05) is 9.86 Å². The van der Waals surface area contributed by atoms with Crippen molar-refractivity contribution in [2.24, 2.45) is 0 Å². The summed E-state index contributed by atoms with van der Waals surface area (Å²) in [5, 5.41) is 0.846. The second-order valence-electron chi connectivity index (χ2n) is 4.56. The van der Waals surface area contributed by atoms with Crippen LogP contribution < -0.4 is 10.4 Å². The first-order chi connectivity index (χ1) is 10.2. The molecule has 0 spiro atoms. The van der Waals surface area contributed by atoms with Gasteiger partial charge in [-0.15, -0.1) is 0 Å². The Hall–Kier alpha value is -2.07. The molecule has 0 unspecified atom stereocenters. The predicted molar refractivity (Wildman–Crippen MR) is 86.8 cm³/mol. The number of hydrogen-bond acceptors (Lipinski definition) is 3. The molecule has 0 amide bonds. The first kappa shape index (κ1) is 13.9. The predicted octanol–water partition coefficient (Wildman–Crippen LogP) is 4.62. The molecular formula is C17H13BrO3. The van der Waals surface area contributed by atoms with Gasteiger partial charge in [0.05, 0.1) is 12.2 Å². The SMILES string of the molecule is CCOc1cccc2cc(-c3ccc(Br)cc3)c(=O)oc12. The Labute approximate surface area is 130 Å². The second-order valence-corrected chi connectivity index (χ2v) is 5.48. The van der Waals surface area contributed by atoms with Gasteiger partial charge >= 0.3 is 5.63 Å². The fourth-order valence-electron chi connectivity index (χ4n) is 2.22. The highest BCUT2D eigenvalue weighted by Gasteiger charge is 2.11. The number of hydrogen-bond donors (Lipinski definition) is 0. The van der Waals surface area contributed by atoms with E-state index >= 15 is 0 Å². The molecule has 0 radical (unpaired) electrons. The molecule has 0 aliphatic carbocycles. The zero-order chi connectivity index (χ0) is 14.8. The van der Waals surface area contributed by atoms with Crippen molar-refractivity contribution in [3.63, 3.8) is 0 Å². The molecule has 3 rings (SSSR count). The Balaban J connectivity index is 2.20. The highest BCUT2D eigenvalue weighted by molar-refractivity contribution is 9.10. The molecule has 0 fully saturated rings. The third kappa shape index (κ3) is 2.72. The standard InChI is InChI=1S/C17H13BrO3/c1-2-20-15-5-3-4-12-10-14(17(19)21-16(12)15)11-6-8-13(18)9-7-11/h3-10H,2H2,1H3. The molecular weight excluding hydrogens is 332 g/mol. The third-order valence-electron chi connectivity index (χ3n) is 3.18. The van der Waals surface area contributed by atoms with Gasteiger partial charge in [0.2, 0.25) is 0 Å². The molecule has 0 saturated heterocycles. The van der Waals surface area contributed by atoms with Crippen LogP contribution in [0.4, 0.5) is 0 Å². The molecule has 3 aromatic rings. The lowest BCUT2D eigenvalue weighted by Gasteiger charge is -2.07. The number of ether oxygens (including phenoxy) is 1. The molecule has 106 valence electrons. The maximum absolute atomic E-state index is 12.2. The average molecular weight is 345 g/mol. The van der Waals surface area contributed by atoms with E-state index in [1.165, 1.54) is 0 Å². The van der Waals surface area contributed by atoms with Crippen LogP contribution in [0, 0.1) is 0 Å². The Morgan fingerprint density at radius 3 is 2.62 bits per heavy atom. The van der Waals surface area contributed by atoms with Gasteiger partial charge < -0.3 is 9.15 Å². The van der Waals surface area contributed by atoms with Crippen molar-refractivity contribution in [3.05, 3.63) is 63.4 Å². The molecule has 1 aromatic heterocycles. The fourth-order valence-corrected chi connectivity index (χ4v) is 2.48. The van der Waals surface area contributed by atoms with Gasteiger partial charge in [0.25, 0.3) is 0 Å². The smallest absolute Gasteiger partial charge is 0.344 e. The highest BCUT2D eigenvalue weighted by atomic mass is 79.9. The zero-order valence-corrected chi connectivity index (χ0v) is 13.0. The molecule has 4 heteroatoms. The molecule has 2 aromatic carbocycles. The highest BCUT2D eigenvalue weighted by Crippen LogP contribution is 2.28. The van der Waals surface area contributed by atoms with E-state index in [9.17, 15) is 4.79 Å². The van der Waals surface area contributed by atoms with Crippen molar-refractivity contribution in [3.8, 4) is 16.9 Å². The van der Waals surface area contributed by atoms with Gasteiger partial charge in [-0.3, -0.25) is 0 Å². The van der Waals surface area contributed by atoms with Crippen LogP contribution in [0.3, 0.4) is 0 Å².